The third kappa shape index (κ3) is 5.19. The van der Waals surface area contributed by atoms with Gasteiger partial charge in [-0.25, -0.2) is 5.43 Å². The molecule has 0 radical (unpaired) electrons. The maximum absolute atomic E-state index is 12.4. The fourth-order valence-electron chi connectivity index (χ4n) is 1.95. The molecule has 0 atom stereocenters. The molecule has 0 unspecified atom stereocenters. The zero-order valence-corrected chi connectivity index (χ0v) is 14.1. The third-order valence-electron chi connectivity index (χ3n) is 3.12. The van der Waals surface area contributed by atoms with Crippen LogP contribution < -0.4 is 14.9 Å². The zero-order valence-electron chi connectivity index (χ0n) is 13.2. The predicted octanol–water partition coefficient (Wildman–Crippen LogP) is 3.68. The minimum atomic E-state index is -1.16. The first kappa shape index (κ1) is 16.7. The van der Waals surface area contributed by atoms with Gasteiger partial charge in [0, 0.05) is 5.56 Å². The van der Waals surface area contributed by atoms with Crippen LogP contribution in [-0.4, -0.2) is 18.4 Å². The number of nitrogens with zero attached hydrogens (tertiary/aromatic N) is 1. The summed E-state index contributed by atoms with van der Waals surface area (Å²) in [6.07, 6.45) is 0.403. The fraction of sp³-hybridized carbons (Fsp3) is 0.0526. The largest absolute Gasteiger partial charge is 0.446 e. The van der Waals surface area contributed by atoms with Crippen LogP contribution in [0.4, 0.5) is 0 Å². The van der Waals surface area contributed by atoms with Crippen molar-refractivity contribution < 1.29 is 14.3 Å². The lowest BCUT2D eigenvalue weighted by molar-refractivity contribution is -0.140. The molecule has 0 aliphatic rings. The van der Waals surface area contributed by atoms with Crippen LogP contribution in [-0.2, 0) is 4.79 Å². The highest BCUT2D eigenvalue weighted by molar-refractivity contribution is 7.08. The van der Waals surface area contributed by atoms with Crippen LogP contribution in [0.1, 0.15) is 5.56 Å². The van der Waals surface area contributed by atoms with Gasteiger partial charge < -0.3 is 9.47 Å². The number of thiophene rings is 1. The molecule has 3 aromatic rings. The van der Waals surface area contributed by atoms with Crippen molar-refractivity contribution in [1.82, 2.24) is 5.43 Å². The van der Waals surface area contributed by atoms with Gasteiger partial charge in [0.25, 0.3) is 0 Å². The molecular weight excluding hydrogens is 336 g/mol. The Morgan fingerprint density at radius 1 is 0.960 bits per heavy atom. The number of hydrazone groups is 1. The van der Waals surface area contributed by atoms with E-state index in [2.05, 4.69) is 10.5 Å². The molecule has 1 amide bonds. The molecule has 126 valence electrons. The monoisotopic (exact) mass is 352 g/mol. The summed E-state index contributed by atoms with van der Waals surface area (Å²) in [4.78, 5) is 12.4. The molecule has 2 aromatic carbocycles. The molecule has 0 saturated heterocycles. The van der Waals surface area contributed by atoms with E-state index in [4.69, 9.17) is 9.47 Å². The van der Waals surface area contributed by atoms with Crippen LogP contribution in [0.3, 0.4) is 0 Å². The van der Waals surface area contributed by atoms with E-state index in [9.17, 15) is 4.79 Å². The summed E-state index contributed by atoms with van der Waals surface area (Å²) in [6, 6.07) is 19.9. The van der Waals surface area contributed by atoms with E-state index in [0.717, 1.165) is 5.56 Å². The van der Waals surface area contributed by atoms with Gasteiger partial charge in [0.1, 0.15) is 11.5 Å². The average Bonchev–Trinajstić information content (AvgIpc) is 3.16. The molecule has 5 nitrogen and oxygen atoms in total. The molecule has 0 bridgehead atoms. The fourth-order valence-corrected chi connectivity index (χ4v) is 2.56. The summed E-state index contributed by atoms with van der Waals surface area (Å²) < 4.78 is 11.3. The number of carbonyl (C=O) groups excluding carboxylic acids is 1. The number of rotatable bonds is 7. The predicted molar refractivity (Wildman–Crippen MR) is 98.0 cm³/mol. The number of ether oxygens (including phenoxy) is 2. The van der Waals surface area contributed by atoms with Crippen molar-refractivity contribution >= 4 is 23.5 Å². The second-order valence-corrected chi connectivity index (χ2v) is 5.76. The number of hydrogen-bond acceptors (Lipinski definition) is 5. The van der Waals surface area contributed by atoms with Gasteiger partial charge in [-0.1, -0.05) is 36.4 Å². The SMILES string of the molecule is O=C(N/N=C\c1ccsc1)C(Oc1ccccc1)Oc1ccccc1. The van der Waals surface area contributed by atoms with E-state index in [1.165, 1.54) is 0 Å². The second-order valence-electron chi connectivity index (χ2n) is 4.98. The highest BCUT2D eigenvalue weighted by Gasteiger charge is 2.22. The molecular formula is C19H16N2O3S. The molecule has 0 aliphatic carbocycles. The van der Waals surface area contributed by atoms with E-state index < -0.39 is 12.2 Å². The molecule has 0 spiro atoms. The van der Waals surface area contributed by atoms with Crippen molar-refractivity contribution in [2.24, 2.45) is 5.10 Å². The van der Waals surface area contributed by atoms with E-state index in [1.807, 2.05) is 53.2 Å². The van der Waals surface area contributed by atoms with Crippen molar-refractivity contribution in [2.45, 2.75) is 6.29 Å². The van der Waals surface area contributed by atoms with Gasteiger partial charge in [-0.3, -0.25) is 4.79 Å². The molecule has 1 N–H and O–H groups in total. The summed E-state index contributed by atoms with van der Waals surface area (Å²) in [6.45, 7) is 0. The van der Waals surface area contributed by atoms with Crippen molar-refractivity contribution in [3.8, 4) is 11.5 Å². The number of benzene rings is 2. The summed E-state index contributed by atoms with van der Waals surface area (Å²) in [5.41, 5.74) is 3.36. The van der Waals surface area contributed by atoms with Crippen LogP contribution in [0.25, 0.3) is 0 Å². The number of carbonyl (C=O) groups is 1. The van der Waals surface area contributed by atoms with Gasteiger partial charge in [-0.15, -0.1) is 0 Å². The summed E-state index contributed by atoms with van der Waals surface area (Å²) in [5.74, 6) is 0.556. The number of hydrogen-bond donors (Lipinski definition) is 1. The normalized spacial score (nSPS) is 10.8. The molecule has 0 fully saturated rings. The van der Waals surface area contributed by atoms with E-state index in [1.54, 1.807) is 41.8 Å². The summed E-state index contributed by atoms with van der Waals surface area (Å²) in [5, 5.41) is 7.80. The second kappa shape index (κ2) is 8.65. The zero-order chi connectivity index (χ0) is 17.3. The highest BCUT2D eigenvalue weighted by Crippen LogP contribution is 2.16. The molecule has 6 heteroatoms. The Morgan fingerprint density at radius 3 is 2.08 bits per heavy atom. The van der Waals surface area contributed by atoms with Crippen LogP contribution in [0.15, 0.2) is 82.6 Å². The van der Waals surface area contributed by atoms with E-state index in [0.29, 0.717) is 11.5 Å². The Morgan fingerprint density at radius 2 is 1.56 bits per heavy atom. The topological polar surface area (TPSA) is 59.9 Å². The lowest BCUT2D eigenvalue weighted by atomic mass is 10.3. The smallest absolute Gasteiger partial charge is 0.323 e. The van der Waals surface area contributed by atoms with Crippen LogP contribution >= 0.6 is 11.3 Å². The highest BCUT2D eigenvalue weighted by atomic mass is 32.1. The lowest BCUT2D eigenvalue weighted by Gasteiger charge is -2.18. The Labute approximate surface area is 149 Å². The average molecular weight is 352 g/mol. The van der Waals surface area contributed by atoms with Gasteiger partial charge in [-0.2, -0.15) is 16.4 Å². The Hall–Kier alpha value is -3.12. The minimum Gasteiger partial charge on any atom is -0.446 e. The quantitative estimate of drug-likeness (QED) is 0.401. The van der Waals surface area contributed by atoms with Crippen molar-refractivity contribution in [1.29, 1.82) is 0 Å². The maximum atomic E-state index is 12.4. The summed E-state index contributed by atoms with van der Waals surface area (Å²) in [7, 11) is 0. The van der Waals surface area contributed by atoms with Crippen LogP contribution in [0.2, 0.25) is 0 Å². The van der Waals surface area contributed by atoms with Crippen molar-refractivity contribution in [3.05, 3.63) is 83.1 Å². The van der Waals surface area contributed by atoms with E-state index >= 15 is 0 Å². The molecule has 3 rings (SSSR count). The van der Waals surface area contributed by atoms with Gasteiger partial charge in [-0.05, 0) is 41.1 Å². The molecule has 0 saturated carbocycles. The lowest BCUT2D eigenvalue weighted by Crippen LogP contribution is -2.40. The Kier molecular flexibility index (Phi) is 5.79. The number of para-hydroxylation sites is 2. The maximum Gasteiger partial charge on any atom is 0.323 e. The third-order valence-corrected chi connectivity index (χ3v) is 3.82. The van der Waals surface area contributed by atoms with Gasteiger partial charge in [0.2, 0.25) is 0 Å². The number of nitrogens with one attached hydrogen (secondary N) is 1. The molecule has 0 aliphatic heterocycles. The standard InChI is InChI=1S/C19H16N2O3S/c22-18(21-20-13-15-11-12-25-14-15)19(23-16-7-3-1-4-8-16)24-17-9-5-2-6-10-17/h1-14,19H,(H,21,22)/b20-13-. The minimum absolute atomic E-state index is 0.501. The first-order chi connectivity index (χ1) is 12.3. The van der Waals surface area contributed by atoms with Crippen LogP contribution in [0.5, 0.6) is 11.5 Å². The summed E-state index contributed by atoms with van der Waals surface area (Å²) >= 11 is 1.55. The van der Waals surface area contributed by atoms with E-state index in [-0.39, 0.29) is 0 Å². The van der Waals surface area contributed by atoms with Crippen molar-refractivity contribution in [3.63, 3.8) is 0 Å². The van der Waals surface area contributed by atoms with Crippen molar-refractivity contribution in [2.75, 3.05) is 0 Å². The first-order valence-electron chi connectivity index (χ1n) is 7.60. The molecule has 1 heterocycles. The van der Waals surface area contributed by atoms with Gasteiger partial charge in [0.05, 0.1) is 6.21 Å². The molecule has 25 heavy (non-hydrogen) atoms. The van der Waals surface area contributed by atoms with Gasteiger partial charge >= 0.3 is 12.2 Å². The Balaban J connectivity index is 1.69. The Bertz CT molecular complexity index is 764. The first-order valence-corrected chi connectivity index (χ1v) is 8.54. The molecule has 1 aromatic heterocycles. The van der Waals surface area contributed by atoms with Gasteiger partial charge in [0.15, 0.2) is 0 Å². The van der Waals surface area contributed by atoms with Crippen LogP contribution in [0, 0.1) is 0 Å². The number of amides is 1.